The summed E-state index contributed by atoms with van der Waals surface area (Å²) in [7, 11) is 0. The Hall–Kier alpha value is -3.75. The molecule has 48 heavy (non-hydrogen) atoms. The van der Waals surface area contributed by atoms with Crippen LogP contribution in [0.15, 0.2) is 60.7 Å². The summed E-state index contributed by atoms with van der Waals surface area (Å²) in [4.78, 5) is 35.3. The van der Waals surface area contributed by atoms with Gasteiger partial charge >= 0.3 is 18.4 Å². The van der Waals surface area contributed by atoms with E-state index in [1.807, 2.05) is 48.5 Å². The molecule has 13 nitrogen and oxygen atoms in total. The number of benzene rings is 2. The van der Waals surface area contributed by atoms with Crippen molar-refractivity contribution in [3.05, 3.63) is 71.8 Å². The Morgan fingerprint density at radius 1 is 0.667 bits per heavy atom. The molecule has 0 spiro atoms. The average Bonchev–Trinajstić information content (AvgIpc) is 2.95. The Bertz CT molecular complexity index is 1150. The number of carbonyl (C=O) groups is 3. The molecular formula is C35H56N2O11. The second-order valence-corrected chi connectivity index (χ2v) is 13.5. The van der Waals surface area contributed by atoms with Crippen molar-refractivity contribution >= 4 is 18.4 Å². The number of hydrogen-bond donors (Lipinski definition) is 5. The van der Waals surface area contributed by atoms with Crippen molar-refractivity contribution in [2.45, 2.75) is 91.3 Å². The summed E-state index contributed by atoms with van der Waals surface area (Å²) < 4.78 is 19.1. The highest BCUT2D eigenvalue weighted by Crippen LogP contribution is 2.17. The molecule has 0 bridgehead atoms. The van der Waals surface area contributed by atoms with E-state index in [0.29, 0.717) is 13.1 Å². The Labute approximate surface area is 284 Å². The minimum atomic E-state index is -1.06. The van der Waals surface area contributed by atoms with E-state index >= 15 is 0 Å². The molecule has 0 saturated carbocycles. The van der Waals surface area contributed by atoms with Gasteiger partial charge in [0.2, 0.25) is 0 Å². The fourth-order valence-corrected chi connectivity index (χ4v) is 3.41. The predicted octanol–water partition coefficient (Wildman–Crippen LogP) is 5.12. The second kappa shape index (κ2) is 22.0. The van der Waals surface area contributed by atoms with Crippen LogP contribution >= 0.6 is 0 Å². The Morgan fingerprint density at radius 2 is 1.08 bits per heavy atom. The van der Waals surface area contributed by atoms with Crippen LogP contribution < -0.4 is 5.32 Å². The minimum absolute atomic E-state index is 0.0828. The van der Waals surface area contributed by atoms with E-state index in [-0.39, 0.29) is 26.3 Å². The van der Waals surface area contributed by atoms with Gasteiger partial charge in [-0.3, -0.25) is 0 Å². The van der Waals surface area contributed by atoms with Gasteiger partial charge in [-0.25, -0.2) is 14.4 Å². The molecule has 5 N–H and O–H groups in total. The molecule has 0 saturated heterocycles. The van der Waals surface area contributed by atoms with E-state index in [0.717, 1.165) is 11.1 Å². The van der Waals surface area contributed by atoms with Crippen LogP contribution in [0.1, 0.15) is 85.6 Å². The maximum Gasteiger partial charge on any atom is 0.519 e. The lowest BCUT2D eigenvalue weighted by Gasteiger charge is -2.28. The van der Waals surface area contributed by atoms with Crippen LogP contribution in [0.25, 0.3) is 0 Å². The van der Waals surface area contributed by atoms with Crippen LogP contribution in [0.5, 0.6) is 0 Å². The first-order chi connectivity index (χ1) is 22.2. The molecule has 2 rings (SSSR count). The second-order valence-electron chi connectivity index (χ2n) is 13.5. The van der Waals surface area contributed by atoms with Crippen molar-refractivity contribution in [1.29, 1.82) is 0 Å². The molecule has 0 fully saturated rings. The first-order valence-corrected chi connectivity index (χ1v) is 15.7. The minimum Gasteiger partial charge on any atom is -0.444 e. The summed E-state index contributed by atoms with van der Waals surface area (Å²) in [5.74, 6) is 0. The van der Waals surface area contributed by atoms with Crippen molar-refractivity contribution in [1.82, 2.24) is 10.2 Å². The monoisotopic (exact) mass is 680 g/mol. The van der Waals surface area contributed by atoms with Gasteiger partial charge in [-0.05, 0) is 73.4 Å². The van der Waals surface area contributed by atoms with Crippen LogP contribution in [-0.4, -0.2) is 99.9 Å². The molecule has 272 valence electrons. The first kappa shape index (κ1) is 44.2. The van der Waals surface area contributed by atoms with Crippen LogP contribution in [0.3, 0.4) is 0 Å². The molecule has 13 heteroatoms. The lowest BCUT2D eigenvalue weighted by atomic mass is 10.1. The molecule has 2 aromatic rings. The average molecular weight is 681 g/mol. The SMILES string of the molecule is CC(C)(C)OC(=O)N(CCO)C[C@@H](O)c1ccccc1.CC(C)(C)OC(=O)OC(=O)OC(C)(C)C.OCCNC[C@@H](O)c1ccccc1. The van der Waals surface area contributed by atoms with E-state index in [1.54, 1.807) is 74.4 Å². The van der Waals surface area contributed by atoms with Crippen LogP contribution in [0.2, 0.25) is 0 Å². The molecule has 0 aromatic heterocycles. The molecule has 0 aliphatic rings. The van der Waals surface area contributed by atoms with Gasteiger partial charge in [0.25, 0.3) is 0 Å². The number of aliphatic hydroxyl groups is 4. The molecule has 0 radical (unpaired) electrons. The standard InChI is InChI=1S/C15H23NO4.C10H15NO2.C10H18O5/c1-15(2,3)20-14(19)16(9-10-17)11-13(18)12-7-5-4-6-8-12;12-7-6-11-8-10(13)9-4-2-1-3-5-9;1-9(2,3)14-7(11)13-8(12)15-10(4,5)6/h4-8,13,17-18H,9-11H2,1-3H3;1-5,10-13H,6-8H2;1-6H3/t13-;10-;/m11./s1. The molecule has 2 aromatic carbocycles. The van der Waals surface area contributed by atoms with E-state index in [2.05, 4.69) is 10.1 Å². The third-order valence-electron chi connectivity index (χ3n) is 5.36. The quantitative estimate of drug-likeness (QED) is 0.0967. The summed E-state index contributed by atoms with van der Waals surface area (Å²) in [6, 6.07) is 18.5. The number of rotatable bonds is 10. The van der Waals surface area contributed by atoms with Crippen LogP contribution in [0.4, 0.5) is 14.4 Å². The van der Waals surface area contributed by atoms with E-state index in [1.165, 1.54) is 4.90 Å². The fraction of sp³-hybridized carbons (Fsp3) is 0.571. The number of nitrogens with zero attached hydrogens (tertiary/aromatic N) is 1. The van der Waals surface area contributed by atoms with Crippen LogP contribution in [0, 0.1) is 0 Å². The third-order valence-corrected chi connectivity index (χ3v) is 5.36. The maximum absolute atomic E-state index is 12.0. The lowest BCUT2D eigenvalue weighted by Crippen LogP contribution is -2.40. The van der Waals surface area contributed by atoms with Crippen molar-refractivity contribution in [3.63, 3.8) is 0 Å². The summed E-state index contributed by atoms with van der Waals surface area (Å²) in [6.45, 7) is 16.5. The van der Waals surface area contributed by atoms with Gasteiger partial charge in [0.1, 0.15) is 16.8 Å². The normalized spacial score (nSPS) is 12.5. The van der Waals surface area contributed by atoms with Gasteiger partial charge in [-0.1, -0.05) is 60.7 Å². The fourth-order valence-electron chi connectivity index (χ4n) is 3.41. The van der Waals surface area contributed by atoms with Crippen molar-refractivity contribution in [3.8, 4) is 0 Å². The van der Waals surface area contributed by atoms with Gasteiger partial charge in [-0.2, -0.15) is 0 Å². The summed E-state index contributed by atoms with van der Waals surface area (Å²) >= 11 is 0. The van der Waals surface area contributed by atoms with Gasteiger partial charge in [0, 0.05) is 19.6 Å². The van der Waals surface area contributed by atoms with Gasteiger partial charge < -0.3 is 49.6 Å². The largest absolute Gasteiger partial charge is 0.519 e. The zero-order chi connectivity index (χ0) is 37.0. The van der Waals surface area contributed by atoms with E-state index < -0.39 is 47.4 Å². The molecule has 0 unspecified atom stereocenters. The Morgan fingerprint density at radius 3 is 1.46 bits per heavy atom. The van der Waals surface area contributed by atoms with Crippen LogP contribution in [-0.2, 0) is 18.9 Å². The zero-order valence-electron chi connectivity index (χ0n) is 29.8. The molecule has 1 amide bonds. The Balaban J connectivity index is 0.000000710. The van der Waals surface area contributed by atoms with Crippen molar-refractivity contribution < 1.29 is 53.8 Å². The predicted molar refractivity (Wildman–Crippen MR) is 181 cm³/mol. The molecule has 2 atom stereocenters. The highest BCUT2D eigenvalue weighted by atomic mass is 16.8. The highest BCUT2D eigenvalue weighted by Gasteiger charge is 2.25. The Kier molecular flexibility index (Phi) is 20.3. The lowest BCUT2D eigenvalue weighted by molar-refractivity contribution is -0.0294. The summed E-state index contributed by atoms with van der Waals surface area (Å²) in [6.07, 6.45) is -3.96. The number of nitrogens with one attached hydrogen (secondary N) is 1. The third kappa shape index (κ3) is 23.6. The zero-order valence-corrected chi connectivity index (χ0v) is 29.8. The maximum atomic E-state index is 12.0. The van der Waals surface area contributed by atoms with E-state index in [9.17, 15) is 24.6 Å². The summed E-state index contributed by atoms with van der Waals surface area (Å²) in [5.41, 5.74) is -0.382. The molecular weight excluding hydrogens is 624 g/mol. The highest BCUT2D eigenvalue weighted by molar-refractivity contribution is 5.77. The number of hydrogen-bond acceptors (Lipinski definition) is 12. The molecule has 0 aliphatic heterocycles. The number of carbonyl (C=O) groups excluding carboxylic acids is 3. The van der Waals surface area contributed by atoms with Gasteiger partial charge in [0.15, 0.2) is 0 Å². The topological polar surface area (TPSA) is 184 Å². The van der Waals surface area contributed by atoms with Crippen molar-refractivity contribution in [2.75, 3.05) is 39.4 Å². The van der Waals surface area contributed by atoms with E-state index in [4.69, 9.17) is 24.4 Å². The van der Waals surface area contributed by atoms with Gasteiger partial charge in [-0.15, -0.1) is 0 Å². The molecule has 0 aliphatic carbocycles. The molecule has 0 heterocycles. The smallest absolute Gasteiger partial charge is 0.444 e. The summed E-state index contributed by atoms with van der Waals surface area (Å²) in [5, 5.41) is 40.2. The number of aliphatic hydroxyl groups excluding tert-OH is 4. The van der Waals surface area contributed by atoms with Gasteiger partial charge in [0.05, 0.1) is 32.0 Å². The number of amides is 1. The first-order valence-electron chi connectivity index (χ1n) is 15.7. The number of ether oxygens (including phenoxy) is 4. The van der Waals surface area contributed by atoms with Crippen molar-refractivity contribution in [2.24, 2.45) is 0 Å².